The van der Waals surface area contributed by atoms with E-state index >= 15 is 0 Å². The first-order valence-corrected chi connectivity index (χ1v) is 22.8. The number of ketones is 3. The van der Waals surface area contributed by atoms with Crippen molar-refractivity contribution in [2.75, 3.05) is 14.2 Å². The molecule has 0 N–H and O–H groups in total. The van der Waals surface area contributed by atoms with Crippen LogP contribution in [-0.2, 0) is 0 Å². The maximum absolute atomic E-state index is 12.6. The van der Waals surface area contributed by atoms with Gasteiger partial charge in [0.05, 0.1) is 14.2 Å². The van der Waals surface area contributed by atoms with Crippen molar-refractivity contribution >= 4 is 17.3 Å². The van der Waals surface area contributed by atoms with Gasteiger partial charge in [-0.1, -0.05) is 119 Å². The molecule has 7 nitrogen and oxygen atoms in total. The third kappa shape index (κ3) is 13.6. The van der Waals surface area contributed by atoms with Crippen LogP contribution in [0.1, 0.15) is 70.0 Å². The molecule has 0 fully saturated rings. The Morgan fingerprint density at radius 3 is 0.671 bits per heavy atom. The van der Waals surface area contributed by atoms with Gasteiger partial charge in [-0.15, -0.1) is 0 Å². The summed E-state index contributed by atoms with van der Waals surface area (Å²) in [5.41, 5.74) is 11.0. The van der Waals surface area contributed by atoms with Gasteiger partial charge >= 0.3 is 0 Å². The van der Waals surface area contributed by atoms with Gasteiger partial charge in [-0.2, -0.15) is 0 Å². The zero-order chi connectivity index (χ0) is 49.4. The second-order valence-corrected chi connectivity index (χ2v) is 16.6. The van der Waals surface area contributed by atoms with Crippen molar-refractivity contribution < 1.29 is 33.3 Å². The maximum atomic E-state index is 12.6. The molecule has 0 unspecified atom stereocenters. The minimum atomic E-state index is -0.0282. The van der Waals surface area contributed by atoms with E-state index in [9.17, 15) is 14.4 Å². The van der Waals surface area contributed by atoms with Gasteiger partial charge in [-0.05, 0) is 160 Å². The van der Waals surface area contributed by atoms with Crippen LogP contribution >= 0.6 is 0 Å². The van der Waals surface area contributed by atoms with E-state index in [-0.39, 0.29) is 17.3 Å². The van der Waals surface area contributed by atoms with Crippen molar-refractivity contribution in [3.05, 3.63) is 274 Å². The summed E-state index contributed by atoms with van der Waals surface area (Å²) >= 11 is 0. The molecular weight excluding hydrogens is 869 g/mol. The molecule has 0 heterocycles. The minimum absolute atomic E-state index is 0.0130. The van der Waals surface area contributed by atoms with Gasteiger partial charge in [0.1, 0.15) is 34.5 Å². The molecule has 9 aromatic carbocycles. The molecule has 0 saturated heterocycles. The average molecular weight is 923 g/mol. The topological polar surface area (TPSA) is 88.1 Å². The van der Waals surface area contributed by atoms with E-state index in [4.69, 9.17) is 18.9 Å². The van der Waals surface area contributed by atoms with Gasteiger partial charge in [0, 0.05) is 33.4 Å². The average Bonchev–Trinajstić information content (AvgIpc) is 3.40. The molecule has 0 aliphatic heterocycles. The predicted octanol–water partition coefficient (Wildman–Crippen LogP) is 15.3. The number of benzene rings is 9. The Morgan fingerprint density at radius 1 is 0.243 bits per heavy atom. The van der Waals surface area contributed by atoms with Crippen LogP contribution in [0.5, 0.6) is 34.5 Å². The van der Waals surface area contributed by atoms with Crippen molar-refractivity contribution in [2.24, 2.45) is 0 Å². The van der Waals surface area contributed by atoms with Crippen molar-refractivity contribution in [3.8, 4) is 45.6 Å². The lowest BCUT2D eigenvalue weighted by Gasteiger charge is -2.08. The van der Waals surface area contributed by atoms with E-state index in [1.54, 1.807) is 99.1 Å². The molecule has 0 bridgehead atoms. The second-order valence-electron chi connectivity index (χ2n) is 16.6. The summed E-state index contributed by atoms with van der Waals surface area (Å²) in [5, 5.41) is 0. The summed E-state index contributed by atoms with van der Waals surface area (Å²) in [6.45, 7) is 8.12. The number of methoxy groups -OCH3 is 2. The van der Waals surface area contributed by atoms with Gasteiger partial charge in [-0.25, -0.2) is 0 Å². The molecule has 0 aliphatic carbocycles. The summed E-state index contributed by atoms with van der Waals surface area (Å²) in [7, 11) is 3.21. The number of carbonyl (C=O) groups is 3. The van der Waals surface area contributed by atoms with E-state index in [1.807, 2.05) is 118 Å². The molecule has 70 heavy (non-hydrogen) atoms. The molecule has 7 heteroatoms. The quantitative estimate of drug-likeness (QED) is 0.106. The monoisotopic (exact) mass is 922 g/mol. The van der Waals surface area contributed by atoms with Crippen LogP contribution in [0.4, 0.5) is 0 Å². The summed E-state index contributed by atoms with van der Waals surface area (Å²) in [4.78, 5) is 37.2. The molecule has 0 radical (unpaired) electrons. The van der Waals surface area contributed by atoms with Crippen LogP contribution in [0.15, 0.2) is 218 Å². The highest BCUT2D eigenvalue weighted by atomic mass is 16.5. The number of aryl methyl sites for hydroxylation is 4. The highest BCUT2D eigenvalue weighted by Gasteiger charge is 2.12. The number of ether oxygens (including phenoxy) is 4. The Morgan fingerprint density at radius 2 is 0.414 bits per heavy atom. The molecule has 0 spiro atoms. The van der Waals surface area contributed by atoms with Crippen LogP contribution in [0.2, 0.25) is 0 Å². The van der Waals surface area contributed by atoms with Gasteiger partial charge in [0.25, 0.3) is 0 Å². The van der Waals surface area contributed by atoms with E-state index in [1.165, 1.54) is 16.7 Å². The molecule has 0 saturated carbocycles. The van der Waals surface area contributed by atoms with Gasteiger partial charge in [0.2, 0.25) is 0 Å². The Labute approximate surface area is 410 Å². The van der Waals surface area contributed by atoms with E-state index in [0.717, 1.165) is 39.7 Å². The number of carbonyl (C=O) groups excluding carboxylic acids is 3. The summed E-state index contributed by atoms with van der Waals surface area (Å²) in [6.07, 6.45) is 0. The Balaban J connectivity index is 0.000000160. The zero-order valence-corrected chi connectivity index (χ0v) is 40.1. The molecule has 9 rings (SSSR count). The Hall–Kier alpha value is -8.81. The largest absolute Gasteiger partial charge is 0.497 e. The van der Waals surface area contributed by atoms with Gasteiger partial charge in [-0.3, -0.25) is 14.4 Å². The first-order valence-electron chi connectivity index (χ1n) is 22.8. The standard InChI is InChI=1S/C27H22O2.C21H18O3.C15H14O2/c1-19-3-7-21(8-4-19)22-11-15-25(16-12-22)29-26-17-13-24(14-18-26)27(28)23-9-5-20(2)6-10-23;1-15-3-9-19(10-4-15)24-20-13-7-17(8-14-20)21(22)16-5-11-18(23-2)12-6-16;1-11-3-5-12(6-4-11)15(16)13-7-9-14(17-2)10-8-13/h3-18H,1-2H3;3-14H,1-2H3;3-10H,1-2H3. The van der Waals surface area contributed by atoms with E-state index in [2.05, 4.69) is 43.3 Å². The van der Waals surface area contributed by atoms with Crippen LogP contribution in [0.3, 0.4) is 0 Å². The predicted molar refractivity (Wildman–Crippen MR) is 279 cm³/mol. The highest BCUT2D eigenvalue weighted by Crippen LogP contribution is 2.28. The lowest BCUT2D eigenvalue weighted by Crippen LogP contribution is -2.01. The first-order chi connectivity index (χ1) is 33.9. The second kappa shape index (κ2) is 23.8. The Kier molecular flexibility index (Phi) is 16.7. The lowest BCUT2D eigenvalue weighted by molar-refractivity contribution is 0.103. The summed E-state index contributed by atoms with van der Waals surface area (Å²) < 4.78 is 21.9. The van der Waals surface area contributed by atoms with Crippen LogP contribution in [-0.4, -0.2) is 31.6 Å². The highest BCUT2D eigenvalue weighted by molar-refractivity contribution is 6.10. The molecular formula is C63H54O7. The minimum Gasteiger partial charge on any atom is -0.497 e. The Bertz CT molecular complexity index is 3100. The van der Waals surface area contributed by atoms with Gasteiger partial charge < -0.3 is 18.9 Å². The molecule has 9 aromatic rings. The fourth-order valence-corrected chi connectivity index (χ4v) is 7.08. The lowest BCUT2D eigenvalue weighted by atomic mass is 10.0. The zero-order valence-electron chi connectivity index (χ0n) is 40.1. The van der Waals surface area contributed by atoms with Gasteiger partial charge in [0.15, 0.2) is 17.3 Å². The summed E-state index contributed by atoms with van der Waals surface area (Å²) in [6, 6.07) is 68.2. The number of hydrogen-bond donors (Lipinski definition) is 0. The van der Waals surface area contributed by atoms with Crippen molar-refractivity contribution in [2.45, 2.75) is 27.7 Å². The molecule has 348 valence electrons. The van der Waals surface area contributed by atoms with Crippen molar-refractivity contribution in [1.82, 2.24) is 0 Å². The van der Waals surface area contributed by atoms with Crippen LogP contribution in [0.25, 0.3) is 11.1 Å². The maximum Gasteiger partial charge on any atom is 0.193 e. The summed E-state index contributed by atoms with van der Waals surface area (Å²) in [5.74, 6) is 4.44. The third-order valence-electron chi connectivity index (χ3n) is 11.3. The van der Waals surface area contributed by atoms with E-state index in [0.29, 0.717) is 44.9 Å². The third-order valence-corrected chi connectivity index (χ3v) is 11.3. The molecule has 0 amide bonds. The normalized spacial score (nSPS) is 10.3. The van der Waals surface area contributed by atoms with E-state index < -0.39 is 0 Å². The van der Waals surface area contributed by atoms with Crippen molar-refractivity contribution in [1.29, 1.82) is 0 Å². The smallest absolute Gasteiger partial charge is 0.193 e. The number of rotatable bonds is 13. The van der Waals surface area contributed by atoms with Crippen molar-refractivity contribution in [3.63, 3.8) is 0 Å². The fraction of sp³-hybridized carbons (Fsp3) is 0.0952. The molecule has 0 aliphatic rings. The SMILES string of the molecule is COc1ccc(C(=O)c2ccc(C)cc2)cc1.COc1ccc(C(=O)c2ccc(Oc3ccc(C)cc3)cc2)cc1.Cc1ccc(C(=O)c2ccc(Oc3ccc(-c4ccc(C)cc4)cc3)cc2)cc1. The van der Waals surface area contributed by atoms with Crippen LogP contribution < -0.4 is 18.9 Å². The first kappa shape index (κ1) is 49.1. The molecule has 0 aromatic heterocycles. The van der Waals surface area contributed by atoms with Crippen LogP contribution in [0, 0.1) is 27.7 Å². The molecule has 0 atom stereocenters. The number of hydrogen-bond acceptors (Lipinski definition) is 7. The fourth-order valence-electron chi connectivity index (χ4n) is 7.08.